The number of hydrogen-bond acceptors (Lipinski definition) is 4. The fraction of sp³-hybridized carbons (Fsp3) is 0.333. The highest BCUT2D eigenvalue weighted by molar-refractivity contribution is 7.94. The second-order valence-corrected chi connectivity index (χ2v) is 4.33. The number of allylic oxidation sites excluding steroid dienone is 3. The van der Waals surface area contributed by atoms with Gasteiger partial charge in [0, 0.05) is 12.7 Å². The minimum Gasteiger partial charge on any atom is -0.396 e. The fourth-order valence-electron chi connectivity index (χ4n) is 1.04. The van der Waals surface area contributed by atoms with E-state index in [0.717, 1.165) is 6.42 Å². The highest BCUT2D eigenvalue weighted by Crippen LogP contribution is 2.33. The van der Waals surface area contributed by atoms with Gasteiger partial charge in [-0.15, -0.1) is 0 Å². The molecule has 2 heterocycles. The normalized spacial score (nSPS) is 21.2. The van der Waals surface area contributed by atoms with E-state index in [1.165, 1.54) is 12.2 Å². The van der Waals surface area contributed by atoms with Crippen molar-refractivity contribution < 1.29 is 14.2 Å². The average Bonchev–Trinajstić information content (AvgIpc) is 2.75. The molecule has 1 unspecified atom stereocenters. The van der Waals surface area contributed by atoms with Crippen LogP contribution in [0.5, 0.6) is 0 Å². The fourth-order valence-corrected chi connectivity index (χ4v) is 2.22. The molecule has 15 heavy (non-hydrogen) atoms. The van der Waals surface area contributed by atoms with Crippen LogP contribution in [0.15, 0.2) is 33.7 Å². The molecule has 82 valence electrons. The molecule has 2 bridgehead atoms. The molecule has 2 aliphatic heterocycles. The van der Waals surface area contributed by atoms with Crippen LogP contribution in [-0.2, 0) is 10.8 Å². The van der Waals surface area contributed by atoms with Gasteiger partial charge in [-0.05, 0) is 18.6 Å². The van der Waals surface area contributed by atoms with Crippen molar-refractivity contribution in [3.8, 4) is 0 Å². The van der Waals surface area contributed by atoms with Crippen molar-refractivity contribution >= 4 is 10.8 Å². The molecule has 5 nitrogen and oxygen atoms in total. The summed E-state index contributed by atoms with van der Waals surface area (Å²) in [6.07, 6.45) is 5.40. The number of aliphatic hydroxyl groups excluding tert-OH is 1. The van der Waals surface area contributed by atoms with Crippen molar-refractivity contribution in [1.82, 2.24) is 0 Å². The van der Waals surface area contributed by atoms with Crippen molar-refractivity contribution in [3.05, 3.63) is 43.8 Å². The molecular weight excluding hydrogens is 218 g/mol. The van der Waals surface area contributed by atoms with Crippen molar-refractivity contribution in [2.24, 2.45) is 0 Å². The third-order valence-corrected chi connectivity index (χ3v) is 3.19. The van der Waals surface area contributed by atoms with Gasteiger partial charge >= 0.3 is 0 Å². The first kappa shape index (κ1) is 11.8. The molecule has 0 aromatic heterocycles. The molecule has 0 radical (unpaired) electrons. The summed E-state index contributed by atoms with van der Waals surface area (Å²) >= 11 is 0. The van der Waals surface area contributed by atoms with Crippen LogP contribution in [0.1, 0.15) is 13.3 Å². The third-order valence-electron chi connectivity index (χ3n) is 1.76. The van der Waals surface area contributed by atoms with Gasteiger partial charge in [0.1, 0.15) is 4.91 Å². The second-order valence-electron chi connectivity index (χ2n) is 2.88. The molecule has 1 atom stereocenters. The van der Waals surface area contributed by atoms with Gasteiger partial charge in [-0.1, -0.05) is 6.92 Å². The van der Waals surface area contributed by atoms with Gasteiger partial charge in [-0.3, -0.25) is 10.1 Å². The van der Waals surface area contributed by atoms with E-state index in [1.54, 1.807) is 6.08 Å². The summed E-state index contributed by atoms with van der Waals surface area (Å²) in [5, 5.41) is 18.1. The van der Waals surface area contributed by atoms with Crippen molar-refractivity contribution in [1.29, 1.82) is 0 Å². The first-order chi connectivity index (χ1) is 7.11. The summed E-state index contributed by atoms with van der Waals surface area (Å²) in [6.45, 7) is 2.25. The first-order valence-corrected chi connectivity index (χ1v) is 5.57. The van der Waals surface area contributed by atoms with Crippen LogP contribution in [0.25, 0.3) is 0 Å². The minimum atomic E-state index is -1.26. The summed E-state index contributed by atoms with van der Waals surface area (Å²) in [7, 11) is -1.26. The number of nitro groups is 1. The Morgan fingerprint density at radius 2 is 2.13 bits per heavy atom. The molecule has 1 N–H and O–H groups in total. The first-order valence-electron chi connectivity index (χ1n) is 4.43. The van der Waals surface area contributed by atoms with E-state index in [0.29, 0.717) is 16.4 Å². The summed E-state index contributed by atoms with van der Waals surface area (Å²) < 4.78 is 11.1. The topological polar surface area (TPSA) is 80.4 Å². The molecule has 0 fully saturated rings. The molecule has 2 rings (SSSR count). The van der Waals surface area contributed by atoms with E-state index < -0.39 is 15.7 Å². The zero-order valence-corrected chi connectivity index (χ0v) is 8.99. The van der Waals surface area contributed by atoms with Crippen molar-refractivity contribution in [2.45, 2.75) is 13.3 Å². The molecule has 2 aliphatic rings. The quantitative estimate of drug-likeness (QED) is 0.567. The smallest absolute Gasteiger partial charge is 0.287 e. The SMILES string of the molecule is CCCO.O=[N+]([O-])C1=C2C=CC(=C1)S2=O. The summed E-state index contributed by atoms with van der Waals surface area (Å²) in [4.78, 5) is 10.6. The van der Waals surface area contributed by atoms with Crippen LogP contribution in [0.3, 0.4) is 0 Å². The molecular formula is C9H11NO4S. The highest BCUT2D eigenvalue weighted by atomic mass is 32.2. The molecule has 0 aromatic rings. The predicted molar refractivity (Wildman–Crippen MR) is 56.8 cm³/mol. The molecule has 0 amide bonds. The van der Waals surface area contributed by atoms with E-state index in [9.17, 15) is 14.3 Å². The molecule has 6 heteroatoms. The van der Waals surface area contributed by atoms with Crippen LogP contribution < -0.4 is 0 Å². The van der Waals surface area contributed by atoms with E-state index in [2.05, 4.69) is 0 Å². The monoisotopic (exact) mass is 229 g/mol. The Balaban J connectivity index is 0.000000245. The van der Waals surface area contributed by atoms with Gasteiger partial charge < -0.3 is 5.11 Å². The Kier molecular flexibility index (Phi) is 3.93. The zero-order chi connectivity index (χ0) is 11.4. The van der Waals surface area contributed by atoms with Gasteiger partial charge in [0.15, 0.2) is 0 Å². The van der Waals surface area contributed by atoms with Gasteiger partial charge in [0.25, 0.3) is 5.70 Å². The van der Waals surface area contributed by atoms with E-state index >= 15 is 0 Å². The Hall–Kier alpha value is -1.27. The highest BCUT2D eigenvalue weighted by Gasteiger charge is 2.32. The number of hydrogen-bond donors (Lipinski definition) is 1. The summed E-state index contributed by atoms with van der Waals surface area (Å²) in [5.41, 5.74) is -0.0270. The Bertz CT molecular complexity index is 393. The minimum absolute atomic E-state index is 0.0270. The lowest BCUT2D eigenvalue weighted by atomic mass is 10.2. The van der Waals surface area contributed by atoms with Gasteiger partial charge in [0.05, 0.1) is 20.6 Å². The number of fused-ring (bicyclic) bond motifs is 2. The Morgan fingerprint density at radius 1 is 1.53 bits per heavy atom. The summed E-state index contributed by atoms with van der Waals surface area (Å²) in [6, 6.07) is 0. The molecule has 0 aromatic carbocycles. The van der Waals surface area contributed by atoms with E-state index in [4.69, 9.17) is 5.11 Å². The summed E-state index contributed by atoms with van der Waals surface area (Å²) in [5.74, 6) is 0. The van der Waals surface area contributed by atoms with Gasteiger partial charge in [0.2, 0.25) is 0 Å². The zero-order valence-electron chi connectivity index (χ0n) is 8.17. The largest absolute Gasteiger partial charge is 0.396 e. The van der Waals surface area contributed by atoms with Crippen LogP contribution in [0.4, 0.5) is 0 Å². The van der Waals surface area contributed by atoms with Crippen LogP contribution in [0.2, 0.25) is 0 Å². The molecule has 0 aliphatic carbocycles. The maximum absolute atomic E-state index is 11.1. The molecule has 0 saturated heterocycles. The maximum atomic E-state index is 11.1. The molecule has 0 spiro atoms. The van der Waals surface area contributed by atoms with Crippen molar-refractivity contribution in [3.63, 3.8) is 0 Å². The van der Waals surface area contributed by atoms with Crippen LogP contribution in [0, 0.1) is 10.1 Å². The average molecular weight is 229 g/mol. The van der Waals surface area contributed by atoms with E-state index in [-0.39, 0.29) is 5.70 Å². The maximum Gasteiger partial charge on any atom is 0.287 e. The van der Waals surface area contributed by atoms with E-state index in [1.807, 2.05) is 6.92 Å². The number of nitrogens with zero attached hydrogens (tertiary/aromatic N) is 1. The lowest BCUT2D eigenvalue weighted by Gasteiger charge is -1.88. The number of aliphatic hydroxyl groups is 1. The third kappa shape index (κ3) is 2.40. The predicted octanol–water partition coefficient (Wildman–Crippen LogP) is 1.08. The lowest BCUT2D eigenvalue weighted by Crippen LogP contribution is -1.96. The molecule has 0 saturated carbocycles. The Morgan fingerprint density at radius 3 is 2.33 bits per heavy atom. The standard InChI is InChI=1S/C6H3NO3S.C3H8O/c8-7(9)5-3-4-1-2-6(5)11(4)10;1-2-3-4/h1-3H;4H,2-3H2,1H3. The van der Waals surface area contributed by atoms with Gasteiger partial charge in [-0.2, -0.15) is 0 Å². The Labute approximate surface area is 89.4 Å². The van der Waals surface area contributed by atoms with Crippen molar-refractivity contribution in [2.75, 3.05) is 6.61 Å². The second kappa shape index (κ2) is 4.99. The van der Waals surface area contributed by atoms with Crippen LogP contribution >= 0.6 is 0 Å². The van der Waals surface area contributed by atoms with Gasteiger partial charge in [-0.25, -0.2) is 4.21 Å². The van der Waals surface area contributed by atoms with Crippen LogP contribution in [-0.4, -0.2) is 20.8 Å². The lowest BCUT2D eigenvalue weighted by molar-refractivity contribution is -0.419. The number of rotatable bonds is 2.